The van der Waals surface area contributed by atoms with Crippen LogP contribution in [0, 0.1) is 11.6 Å². The van der Waals surface area contributed by atoms with Gasteiger partial charge in [0.15, 0.2) is 11.6 Å². The number of methoxy groups -OCH3 is 1. The average Bonchev–Trinajstić information content (AvgIpc) is 2.43. The van der Waals surface area contributed by atoms with Gasteiger partial charge in [-0.2, -0.15) is 0 Å². The number of hydrogen-bond donors (Lipinski definition) is 1. The van der Waals surface area contributed by atoms with Crippen LogP contribution in [0.4, 0.5) is 8.78 Å². The van der Waals surface area contributed by atoms with Crippen LogP contribution < -0.4 is 4.74 Å². The number of rotatable bonds is 4. The number of ether oxygens (including phenoxy) is 1. The van der Waals surface area contributed by atoms with Gasteiger partial charge in [0.25, 0.3) is 0 Å². The molecule has 2 aromatic rings. The topological polar surface area (TPSA) is 29.5 Å². The molecule has 0 aromatic heterocycles. The number of halogens is 2. The second kappa shape index (κ2) is 5.80. The summed E-state index contributed by atoms with van der Waals surface area (Å²) in [5.41, 5.74) is 1.15. The van der Waals surface area contributed by atoms with Gasteiger partial charge in [0.2, 0.25) is 0 Å². The lowest BCUT2D eigenvalue weighted by Gasteiger charge is -2.14. The van der Waals surface area contributed by atoms with E-state index in [-0.39, 0.29) is 6.42 Å². The summed E-state index contributed by atoms with van der Waals surface area (Å²) in [6, 6.07) is 10.7. The fourth-order valence-electron chi connectivity index (χ4n) is 1.94. The van der Waals surface area contributed by atoms with Crippen molar-refractivity contribution in [1.82, 2.24) is 0 Å². The highest BCUT2D eigenvalue weighted by atomic mass is 19.2. The Bertz CT molecular complexity index is 570. The Morgan fingerprint density at radius 1 is 1.11 bits per heavy atom. The van der Waals surface area contributed by atoms with Gasteiger partial charge in [-0.05, 0) is 23.8 Å². The van der Waals surface area contributed by atoms with Crippen molar-refractivity contribution in [3.63, 3.8) is 0 Å². The van der Waals surface area contributed by atoms with E-state index in [2.05, 4.69) is 0 Å². The van der Waals surface area contributed by atoms with Crippen LogP contribution in [-0.4, -0.2) is 12.2 Å². The van der Waals surface area contributed by atoms with Crippen molar-refractivity contribution in [3.8, 4) is 5.75 Å². The van der Waals surface area contributed by atoms with Crippen LogP contribution in [0.25, 0.3) is 0 Å². The van der Waals surface area contributed by atoms with Crippen LogP contribution in [0.3, 0.4) is 0 Å². The first-order valence-corrected chi connectivity index (χ1v) is 5.86. The van der Waals surface area contributed by atoms with E-state index in [4.69, 9.17) is 4.74 Å². The molecule has 2 rings (SSSR count). The Morgan fingerprint density at radius 3 is 2.53 bits per heavy atom. The van der Waals surface area contributed by atoms with E-state index in [1.807, 2.05) is 0 Å². The molecule has 0 saturated carbocycles. The molecular weight excluding hydrogens is 250 g/mol. The summed E-state index contributed by atoms with van der Waals surface area (Å²) < 4.78 is 31.1. The molecule has 2 aromatic carbocycles. The molecule has 0 spiro atoms. The van der Waals surface area contributed by atoms with Crippen molar-refractivity contribution >= 4 is 0 Å². The summed E-state index contributed by atoms with van der Waals surface area (Å²) in [6.45, 7) is 0. The SMILES string of the molecule is COc1ccccc1C(O)Cc1ccc(F)c(F)c1. The first-order chi connectivity index (χ1) is 9.11. The molecule has 1 N–H and O–H groups in total. The molecule has 4 heteroatoms. The fraction of sp³-hybridized carbons (Fsp3) is 0.200. The molecule has 1 atom stereocenters. The zero-order chi connectivity index (χ0) is 13.8. The van der Waals surface area contributed by atoms with Gasteiger partial charge >= 0.3 is 0 Å². The maximum Gasteiger partial charge on any atom is 0.159 e. The Balaban J connectivity index is 2.20. The highest BCUT2D eigenvalue weighted by Gasteiger charge is 2.14. The number of aliphatic hydroxyl groups is 1. The maximum absolute atomic E-state index is 13.1. The highest BCUT2D eigenvalue weighted by molar-refractivity contribution is 5.36. The first kappa shape index (κ1) is 13.5. The normalized spacial score (nSPS) is 12.2. The van der Waals surface area contributed by atoms with Crippen LogP contribution in [0.1, 0.15) is 17.2 Å². The van der Waals surface area contributed by atoms with Gasteiger partial charge in [0.05, 0.1) is 13.2 Å². The predicted octanol–water partition coefficient (Wildman–Crippen LogP) is 3.25. The molecular formula is C15H14F2O2. The van der Waals surface area contributed by atoms with Crippen LogP contribution in [-0.2, 0) is 6.42 Å². The van der Waals surface area contributed by atoms with Crippen molar-refractivity contribution in [2.75, 3.05) is 7.11 Å². The molecule has 0 amide bonds. The molecule has 2 nitrogen and oxygen atoms in total. The molecule has 1 unspecified atom stereocenters. The summed E-state index contributed by atoms with van der Waals surface area (Å²) in [6.07, 6.45) is -0.640. The third-order valence-corrected chi connectivity index (χ3v) is 2.91. The lowest BCUT2D eigenvalue weighted by molar-refractivity contribution is 0.174. The zero-order valence-electron chi connectivity index (χ0n) is 10.4. The van der Waals surface area contributed by atoms with E-state index in [1.165, 1.54) is 13.2 Å². The van der Waals surface area contributed by atoms with Crippen LogP contribution in [0.15, 0.2) is 42.5 Å². The highest BCUT2D eigenvalue weighted by Crippen LogP contribution is 2.27. The lowest BCUT2D eigenvalue weighted by Crippen LogP contribution is -2.04. The number of aliphatic hydroxyl groups excluding tert-OH is 1. The number of benzene rings is 2. The quantitative estimate of drug-likeness (QED) is 0.918. The Labute approximate surface area is 110 Å². The molecule has 0 aliphatic carbocycles. The van der Waals surface area contributed by atoms with E-state index in [0.717, 1.165) is 12.1 Å². The molecule has 0 heterocycles. The molecule has 19 heavy (non-hydrogen) atoms. The lowest BCUT2D eigenvalue weighted by atomic mass is 10.0. The average molecular weight is 264 g/mol. The molecule has 0 bridgehead atoms. The summed E-state index contributed by atoms with van der Waals surface area (Å²) in [5.74, 6) is -1.24. The number of para-hydroxylation sites is 1. The minimum absolute atomic E-state index is 0.192. The van der Waals surface area contributed by atoms with Gasteiger partial charge in [-0.3, -0.25) is 0 Å². The number of hydrogen-bond acceptors (Lipinski definition) is 2. The summed E-state index contributed by atoms with van der Waals surface area (Å²) >= 11 is 0. The standard InChI is InChI=1S/C15H14F2O2/c1-19-15-5-3-2-4-11(15)14(18)9-10-6-7-12(16)13(17)8-10/h2-8,14,18H,9H2,1H3. The monoisotopic (exact) mass is 264 g/mol. The summed E-state index contributed by atoms with van der Waals surface area (Å²) in [4.78, 5) is 0. The third-order valence-electron chi connectivity index (χ3n) is 2.91. The largest absolute Gasteiger partial charge is 0.496 e. The molecule has 0 radical (unpaired) electrons. The van der Waals surface area contributed by atoms with Crippen molar-refractivity contribution < 1.29 is 18.6 Å². The summed E-state index contributed by atoms with van der Waals surface area (Å²) in [7, 11) is 1.52. The van der Waals surface area contributed by atoms with Crippen molar-refractivity contribution in [2.45, 2.75) is 12.5 Å². The Kier molecular flexibility index (Phi) is 4.12. The fourth-order valence-corrected chi connectivity index (χ4v) is 1.94. The second-order valence-corrected chi connectivity index (χ2v) is 4.21. The van der Waals surface area contributed by atoms with E-state index in [9.17, 15) is 13.9 Å². The van der Waals surface area contributed by atoms with Gasteiger partial charge in [-0.25, -0.2) is 8.78 Å². The zero-order valence-corrected chi connectivity index (χ0v) is 10.4. The third kappa shape index (κ3) is 3.09. The Morgan fingerprint density at radius 2 is 1.84 bits per heavy atom. The maximum atomic E-state index is 13.1. The van der Waals surface area contributed by atoms with Crippen LogP contribution >= 0.6 is 0 Å². The van der Waals surface area contributed by atoms with Crippen LogP contribution in [0.2, 0.25) is 0 Å². The van der Waals surface area contributed by atoms with E-state index < -0.39 is 17.7 Å². The van der Waals surface area contributed by atoms with Gasteiger partial charge in [0, 0.05) is 12.0 Å². The van der Waals surface area contributed by atoms with E-state index in [0.29, 0.717) is 16.9 Å². The minimum Gasteiger partial charge on any atom is -0.496 e. The molecule has 0 aliphatic heterocycles. The van der Waals surface area contributed by atoms with Gasteiger partial charge in [0.1, 0.15) is 5.75 Å². The smallest absolute Gasteiger partial charge is 0.159 e. The first-order valence-electron chi connectivity index (χ1n) is 5.86. The van der Waals surface area contributed by atoms with E-state index in [1.54, 1.807) is 24.3 Å². The second-order valence-electron chi connectivity index (χ2n) is 4.21. The van der Waals surface area contributed by atoms with Crippen LogP contribution in [0.5, 0.6) is 5.75 Å². The van der Waals surface area contributed by atoms with E-state index >= 15 is 0 Å². The van der Waals surface area contributed by atoms with Crippen molar-refractivity contribution in [3.05, 3.63) is 65.2 Å². The Hall–Kier alpha value is -1.94. The molecule has 100 valence electrons. The summed E-state index contributed by atoms with van der Waals surface area (Å²) in [5, 5.41) is 10.1. The molecule has 0 aliphatic rings. The van der Waals surface area contributed by atoms with Gasteiger partial charge in [-0.15, -0.1) is 0 Å². The molecule has 0 fully saturated rings. The van der Waals surface area contributed by atoms with Crippen molar-refractivity contribution in [1.29, 1.82) is 0 Å². The van der Waals surface area contributed by atoms with Gasteiger partial charge in [-0.1, -0.05) is 24.3 Å². The minimum atomic E-state index is -0.912. The van der Waals surface area contributed by atoms with Gasteiger partial charge < -0.3 is 9.84 Å². The van der Waals surface area contributed by atoms with Crippen molar-refractivity contribution in [2.24, 2.45) is 0 Å². The molecule has 0 saturated heterocycles. The predicted molar refractivity (Wildman–Crippen MR) is 68.0 cm³/mol.